The fourth-order valence-electron chi connectivity index (χ4n) is 2.63. The van der Waals surface area contributed by atoms with Crippen molar-refractivity contribution in [3.8, 4) is 11.4 Å². The minimum Gasteiger partial charge on any atom is -0.494 e. The molecule has 0 bridgehead atoms. The number of carbonyl (C=O) groups is 1. The topological polar surface area (TPSA) is 93.2 Å². The van der Waals surface area contributed by atoms with Crippen molar-refractivity contribution in [2.75, 3.05) is 11.9 Å². The number of nitrogens with one attached hydrogen (secondary N) is 2. The van der Waals surface area contributed by atoms with E-state index in [1.54, 1.807) is 36.4 Å². The molecule has 138 valence electrons. The van der Waals surface area contributed by atoms with Crippen LogP contribution < -0.4 is 21.3 Å². The number of rotatable bonds is 5. The third kappa shape index (κ3) is 3.82. The Morgan fingerprint density at radius 3 is 2.48 bits per heavy atom. The minimum absolute atomic E-state index is 0.160. The van der Waals surface area contributed by atoms with Gasteiger partial charge in [-0.2, -0.15) is 0 Å². The second-order valence-electron chi connectivity index (χ2n) is 5.84. The summed E-state index contributed by atoms with van der Waals surface area (Å²) in [7, 11) is 0. The molecule has 0 aliphatic heterocycles. The minimum atomic E-state index is -0.700. The van der Waals surface area contributed by atoms with Gasteiger partial charge in [0.05, 0.1) is 12.3 Å². The number of hydrogen-bond donors (Lipinski definition) is 2. The SMILES string of the molecule is CCOc1ccc(-n2c(=O)[nH]cc(C(=O)Nc3ccccc3C)c2=O)cc1. The third-order valence-corrected chi connectivity index (χ3v) is 4.02. The van der Waals surface area contributed by atoms with Gasteiger partial charge in [0.25, 0.3) is 11.5 Å². The molecule has 3 rings (SSSR count). The zero-order valence-electron chi connectivity index (χ0n) is 15.0. The van der Waals surface area contributed by atoms with Crippen LogP contribution in [0.5, 0.6) is 5.75 Å². The van der Waals surface area contributed by atoms with Crippen LogP contribution in [0.2, 0.25) is 0 Å². The number of nitrogens with zero attached hydrogens (tertiary/aromatic N) is 1. The number of benzene rings is 2. The number of aromatic nitrogens is 2. The summed E-state index contributed by atoms with van der Waals surface area (Å²) in [5, 5.41) is 2.70. The van der Waals surface area contributed by atoms with Crippen molar-refractivity contribution in [1.29, 1.82) is 0 Å². The van der Waals surface area contributed by atoms with E-state index in [9.17, 15) is 14.4 Å². The van der Waals surface area contributed by atoms with E-state index in [1.807, 2.05) is 26.0 Å². The molecule has 1 heterocycles. The molecule has 1 amide bonds. The van der Waals surface area contributed by atoms with Gasteiger partial charge in [-0.3, -0.25) is 9.59 Å². The molecule has 7 nitrogen and oxygen atoms in total. The second kappa shape index (κ2) is 7.74. The predicted molar refractivity (Wildman–Crippen MR) is 103 cm³/mol. The van der Waals surface area contributed by atoms with Crippen molar-refractivity contribution in [3.05, 3.63) is 86.7 Å². The lowest BCUT2D eigenvalue weighted by Crippen LogP contribution is -2.38. The summed E-state index contributed by atoms with van der Waals surface area (Å²) in [4.78, 5) is 40.0. The van der Waals surface area contributed by atoms with Gasteiger partial charge in [-0.1, -0.05) is 18.2 Å². The van der Waals surface area contributed by atoms with Gasteiger partial charge >= 0.3 is 5.69 Å². The molecule has 27 heavy (non-hydrogen) atoms. The van der Waals surface area contributed by atoms with E-state index in [0.717, 1.165) is 16.3 Å². The number of amides is 1. The molecule has 2 aromatic carbocycles. The summed E-state index contributed by atoms with van der Waals surface area (Å²) in [5.41, 5.74) is 0.315. The van der Waals surface area contributed by atoms with Crippen LogP contribution in [0.25, 0.3) is 5.69 Å². The maximum absolute atomic E-state index is 12.8. The first-order chi connectivity index (χ1) is 13.0. The molecule has 1 aromatic heterocycles. The number of aryl methyl sites for hydroxylation is 1. The fourth-order valence-corrected chi connectivity index (χ4v) is 2.63. The maximum Gasteiger partial charge on any atom is 0.333 e. The van der Waals surface area contributed by atoms with Crippen molar-refractivity contribution >= 4 is 11.6 Å². The Morgan fingerprint density at radius 1 is 1.11 bits per heavy atom. The normalized spacial score (nSPS) is 10.4. The van der Waals surface area contributed by atoms with Crippen LogP contribution in [0, 0.1) is 6.92 Å². The van der Waals surface area contributed by atoms with Crippen molar-refractivity contribution in [2.24, 2.45) is 0 Å². The Bertz CT molecular complexity index is 1080. The summed E-state index contributed by atoms with van der Waals surface area (Å²) in [6.45, 7) is 4.22. The van der Waals surface area contributed by atoms with E-state index in [1.165, 1.54) is 0 Å². The Kier molecular flexibility index (Phi) is 5.21. The number of hydrogen-bond acceptors (Lipinski definition) is 4. The first kappa shape index (κ1) is 18.2. The second-order valence-corrected chi connectivity index (χ2v) is 5.84. The van der Waals surface area contributed by atoms with E-state index in [0.29, 0.717) is 23.7 Å². The molecule has 0 saturated carbocycles. The van der Waals surface area contributed by atoms with Crippen LogP contribution in [0.1, 0.15) is 22.8 Å². The Hall–Kier alpha value is -3.61. The number of aromatic amines is 1. The lowest BCUT2D eigenvalue weighted by molar-refractivity contribution is 0.102. The van der Waals surface area contributed by atoms with Crippen molar-refractivity contribution in [2.45, 2.75) is 13.8 Å². The number of ether oxygens (including phenoxy) is 1. The molecule has 2 N–H and O–H groups in total. The van der Waals surface area contributed by atoms with Gasteiger partial charge in [-0.15, -0.1) is 0 Å². The van der Waals surface area contributed by atoms with Crippen molar-refractivity contribution < 1.29 is 9.53 Å². The first-order valence-corrected chi connectivity index (χ1v) is 8.46. The molecule has 0 aliphatic carbocycles. The maximum atomic E-state index is 12.8. The van der Waals surface area contributed by atoms with Crippen LogP contribution in [0.4, 0.5) is 5.69 Å². The zero-order chi connectivity index (χ0) is 19.4. The molecular weight excluding hydrogens is 346 g/mol. The molecule has 0 spiro atoms. The number of H-pyrrole nitrogens is 1. The highest BCUT2D eigenvalue weighted by molar-refractivity contribution is 6.04. The van der Waals surface area contributed by atoms with Crippen molar-refractivity contribution in [1.82, 2.24) is 9.55 Å². The highest BCUT2D eigenvalue weighted by atomic mass is 16.5. The molecule has 0 radical (unpaired) electrons. The van der Waals surface area contributed by atoms with Gasteiger partial charge in [-0.05, 0) is 49.7 Å². The van der Waals surface area contributed by atoms with Gasteiger partial charge < -0.3 is 15.0 Å². The highest BCUT2D eigenvalue weighted by Gasteiger charge is 2.16. The van der Waals surface area contributed by atoms with Gasteiger partial charge in [0.2, 0.25) is 0 Å². The van der Waals surface area contributed by atoms with E-state index in [4.69, 9.17) is 4.74 Å². The summed E-state index contributed by atoms with van der Waals surface area (Å²) in [6.07, 6.45) is 1.13. The molecule has 0 unspecified atom stereocenters. The Balaban J connectivity index is 1.98. The lowest BCUT2D eigenvalue weighted by atomic mass is 10.2. The van der Waals surface area contributed by atoms with Crippen LogP contribution in [0.15, 0.2) is 64.3 Å². The van der Waals surface area contributed by atoms with Crippen LogP contribution in [-0.4, -0.2) is 22.1 Å². The van der Waals surface area contributed by atoms with E-state index in [-0.39, 0.29) is 5.56 Å². The molecule has 0 saturated heterocycles. The third-order valence-electron chi connectivity index (χ3n) is 4.02. The quantitative estimate of drug-likeness (QED) is 0.726. The number of para-hydroxylation sites is 1. The standard InChI is InChI=1S/C20H19N3O4/c1-3-27-15-10-8-14(9-11-15)23-19(25)16(12-21-20(23)26)18(24)22-17-7-5-4-6-13(17)2/h4-12H,3H2,1-2H3,(H,21,26)(H,22,24). The molecule has 0 aliphatic rings. The average Bonchev–Trinajstić information content (AvgIpc) is 2.65. The molecule has 0 fully saturated rings. The Morgan fingerprint density at radius 2 is 1.81 bits per heavy atom. The molecule has 0 atom stereocenters. The van der Waals surface area contributed by atoms with E-state index in [2.05, 4.69) is 10.3 Å². The lowest BCUT2D eigenvalue weighted by Gasteiger charge is -2.10. The summed E-state index contributed by atoms with van der Waals surface area (Å²) in [5.74, 6) is 0.0319. The molecule has 7 heteroatoms. The Labute approximate surface area is 155 Å². The largest absolute Gasteiger partial charge is 0.494 e. The monoisotopic (exact) mass is 365 g/mol. The molecule has 3 aromatic rings. The summed E-state index contributed by atoms with van der Waals surface area (Å²) < 4.78 is 6.28. The number of anilines is 1. The predicted octanol–water partition coefficient (Wildman–Crippen LogP) is 2.49. The van der Waals surface area contributed by atoms with Crippen LogP contribution in [0.3, 0.4) is 0 Å². The highest BCUT2D eigenvalue weighted by Crippen LogP contribution is 2.15. The van der Waals surface area contributed by atoms with E-state index >= 15 is 0 Å². The van der Waals surface area contributed by atoms with E-state index < -0.39 is 17.2 Å². The fraction of sp³-hybridized carbons (Fsp3) is 0.150. The van der Waals surface area contributed by atoms with Crippen LogP contribution >= 0.6 is 0 Å². The smallest absolute Gasteiger partial charge is 0.333 e. The zero-order valence-corrected chi connectivity index (χ0v) is 15.0. The number of carbonyl (C=O) groups excluding carboxylic acids is 1. The summed E-state index contributed by atoms with van der Waals surface area (Å²) >= 11 is 0. The summed E-state index contributed by atoms with van der Waals surface area (Å²) in [6, 6.07) is 13.7. The van der Waals surface area contributed by atoms with Gasteiger partial charge in [0.15, 0.2) is 0 Å². The van der Waals surface area contributed by atoms with Gasteiger partial charge in [0, 0.05) is 11.9 Å². The van der Waals surface area contributed by atoms with Gasteiger partial charge in [-0.25, -0.2) is 9.36 Å². The average molecular weight is 365 g/mol. The van der Waals surface area contributed by atoms with Crippen LogP contribution in [-0.2, 0) is 0 Å². The van der Waals surface area contributed by atoms with Crippen molar-refractivity contribution in [3.63, 3.8) is 0 Å². The molecular formula is C20H19N3O4. The first-order valence-electron chi connectivity index (χ1n) is 8.46. The van der Waals surface area contributed by atoms with Gasteiger partial charge in [0.1, 0.15) is 11.3 Å².